The molecule has 0 N–H and O–H groups in total. The fraction of sp³-hybridized carbons (Fsp3) is 0.762. The van der Waals surface area contributed by atoms with Crippen LogP contribution in [0.2, 0.25) is 0 Å². The summed E-state index contributed by atoms with van der Waals surface area (Å²) in [5.74, 6) is 0. The van der Waals surface area contributed by atoms with Crippen molar-refractivity contribution in [3.8, 4) is 0 Å². The molecule has 2 rings (SSSR count). The molecular weight excluding hydrogens is 658 g/mol. The van der Waals surface area contributed by atoms with Gasteiger partial charge in [0.05, 0.1) is 0 Å². The van der Waals surface area contributed by atoms with Gasteiger partial charge in [0.1, 0.15) is 0 Å². The number of unbranched alkanes of at least 4 members (excludes halogenated alkanes) is 20. The summed E-state index contributed by atoms with van der Waals surface area (Å²) in [6, 6.07) is 18.4. The van der Waals surface area contributed by atoms with E-state index in [9.17, 15) is 0 Å². The predicted molar refractivity (Wildman–Crippen MR) is 210 cm³/mol. The molecule has 0 amide bonds. The second kappa shape index (κ2) is 35.7. The van der Waals surface area contributed by atoms with Gasteiger partial charge in [0, 0.05) is 0 Å². The number of hydrogen-bond acceptors (Lipinski definition) is 0. The van der Waals surface area contributed by atoms with Crippen LogP contribution in [-0.4, -0.2) is 24.6 Å². The molecule has 0 heterocycles. The van der Waals surface area contributed by atoms with Crippen LogP contribution < -0.4 is 10.6 Å². The van der Waals surface area contributed by atoms with Crippen LogP contribution in [-0.2, 0) is 26.2 Å². The molecule has 0 saturated heterocycles. The number of rotatable bonds is 30. The molecule has 0 saturated carbocycles. The van der Waals surface area contributed by atoms with Crippen LogP contribution in [0.3, 0.4) is 0 Å². The summed E-state index contributed by atoms with van der Waals surface area (Å²) >= 11 is 0. The fourth-order valence-corrected chi connectivity index (χ4v) is 11.3. The Morgan fingerprint density at radius 3 is 0.844 bits per heavy atom. The quantitative estimate of drug-likeness (QED) is 0.0426. The molecule has 258 valence electrons. The predicted octanol–water partition coefficient (Wildman–Crippen LogP) is 14.5. The van der Waals surface area contributed by atoms with E-state index in [0.717, 1.165) is 0 Å². The van der Waals surface area contributed by atoms with E-state index in [2.05, 4.69) is 76.2 Å². The maximum absolute atomic E-state index is 2.37. The second-order valence-corrected chi connectivity index (χ2v) is 18.3. The normalized spacial score (nSPS) is 11.2. The Kier molecular flexibility index (Phi) is 36.1. The molecule has 0 spiro atoms. The van der Waals surface area contributed by atoms with Gasteiger partial charge in [-0.25, -0.2) is 24.3 Å². The van der Waals surface area contributed by atoms with Crippen LogP contribution in [0.5, 0.6) is 0 Å². The van der Waals surface area contributed by atoms with Crippen molar-refractivity contribution in [1.29, 1.82) is 0 Å². The number of hydrogen-bond donors (Lipinski definition) is 0. The first-order valence-corrected chi connectivity index (χ1v) is 23.1. The Morgan fingerprint density at radius 1 is 0.378 bits per heavy atom. The third kappa shape index (κ3) is 27.0. The van der Waals surface area contributed by atoms with Crippen LogP contribution in [0.1, 0.15) is 182 Å². The summed E-state index contributed by atoms with van der Waals surface area (Å²) in [4.78, 5) is 0. The second-order valence-electron chi connectivity index (χ2n) is 13.3. The van der Waals surface area contributed by atoms with Gasteiger partial charge in [0.2, 0.25) is 0 Å². The van der Waals surface area contributed by atoms with Crippen LogP contribution in [0, 0.1) is 0 Å². The van der Waals surface area contributed by atoms with Gasteiger partial charge in [-0.3, -0.25) is 0 Å². The summed E-state index contributed by atoms with van der Waals surface area (Å²) < 4.78 is 0. The average Bonchev–Trinajstić information content (AvgIpc) is 3.78. The van der Waals surface area contributed by atoms with Crippen LogP contribution in [0.4, 0.5) is 0 Å². The Hall–Kier alpha value is 0.443. The van der Waals surface area contributed by atoms with Gasteiger partial charge in [-0.15, -0.1) is 26.5 Å². The first-order chi connectivity index (χ1) is 21.8. The Bertz CT molecular complexity index is 670. The molecule has 45 heavy (non-hydrogen) atoms. The smallest absolute Gasteiger partial charge is 0.213 e. The molecule has 0 fully saturated rings. The van der Waals surface area contributed by atoms with Crippen LogP contribution in [0.15, 0.2) is 48.5 Å². The largest absolute Gasteiger partial charge is 2.00 e. The van der Waals surface area contributed by atoms with E-state index in [1.54, 1.807) is 10.6 Å². The van der Waals surface area contributed by atoms with Crippen molar-refractivity contribution in [3.63, 3.8) is 0 Å². The fourth-order valence-electron chi connectivity index (χ4n) is 6.22. The maximum atomic E-state index is 2.37. The molecule has 0 radical (unpaired) electrons. The van der Waals surface area contributed by atoms with Crippen molar-refractivity contribution < 1.29 is 26.2 Å². The molecule has 0 aliphatic carbocycles. The van der Waals surface area contributed by atoms with Gasteiger partial charge in [0.25, 0.3) is 0 Å². The van der Waals surface area contributed by atoms with Gasteiger partial charge in [0.15, 0.2) is 0 Å². The molecule has 0 unspecified atom stereocenters. The SMILES string of the molecule is CCCCCCCCP(CCCCCCCC)c1ccc[cH-]1.CCCCCCCCP(CCCCCCCC)c1ccc[cH-]1.[Zr+2]. The monoisotopic (exact) mass is 732 g/mol. The van der Waals surface area contributed by atoms with Gasteiger partial charge in [-0.1, -0.05) is 156 Å². The minimum atomic E-state index is 0. The van der Waals surface area contributed by atoms with Crippen LogP contribution >= 0.6 is 15.8 Å². The topological polar surface area (TPSA) is 0 Å². The van der Waals surface area contributed by atoms with Gasteiger partial charge in [-0.2, -0.15) is 24.3 Å². The van der Waals surface area contributed by atoms with Gasteiger partial charge < -0.3 is 0 Å². The van der Waals surface area contributed by atoms with E-state index in [1.807, 2.05) is 0 Å². The Labute approximate surface area is 305 Å². The molecule has 0 aliphatic rings. The summed E-state index contributed by atoms with van der Waals surface area (Å²) in [5, 5.41) is 3.33. The summed E-state index contributed by atoms with van der Waals surface area (Å²) in [7, 11) is 0.265. The third-order valence-electron chi connectivity index (χ3n) is 9.15. The van der Waals surface area contributed by atoms with E-state index in [4.69, 9.17) is 0 Å². The molecule has 0 nitrogen and oxygen atoms in total. The molecule has 0 atom stereocenters. The van der Waals surface area contributed by atoms with E-state index in [-0.39, 0.29) is 42.0 Å². The summed E-state index contributed by atoms with van der Waals surface area (Å²) in [6.45, 7) is 9.20. The standard InChI is InChI=1S/2C21H38P.Zr/c2*1-3-5-7-9-11-15-19-22(21-17-13-14-18-21)20-16-12-10-8-6-4-2;/h2*13-14,17-18H,3-12,15-16,19-20H2,1-2H3;/q2*-1;+2. The molecule has 3 heteroatoms. The minimum absolute atomic E-state index is 0. The van der Waals surface area contributed by atoms with E-state index in [1.165, 1.54) is 179 Å². The zero-order valence-corrected chi connectivity index (χ0v) is 35.1. The van der Waals surface area contributed by atoms with Crippen molar-refractivity contribution in [2.24, 2.45) is 0 Å². The van der Waals surface area contributed by atoms with Crippen molar-refractivity contribution in [2.75, 3.05) is 24.6 Å². The molecule has 2 aromatic rings. The van der Waals surface area contributed by atoms with Gasteiger partial charge >= 0.3 is 26.2 Å². The average molecular weight is 734 g/mol. The first-order valence-electron chi connectivity index (χ1n) is 19.7. The van der Waals surface area contributed by atoms with Crippen LogP contribution in [0.25, 0.3) is 0 Å². The van der Waals surface area contributed by atoms with E-state index < -0.39 is 0 Å². The molecule has 0 aromatic heterocycles. The zero-order valence-electron chi connectivity index (χ0n) is 30.8. The van der Waals surface area contributed by atoms with Crippen molar-refractivity contribution in [2.45, 2.75) is 182 Å². The minimum Gasteiger partial charge on any atom is -0.213 e. The zero-order chi connectivity index (χ0) is 31.8. The molecule has 0 bridgehead atoms. The van der Waals surface area contributed by atoms with E-state index in [0.29, 0.717) is 0 Å². The van der Waals surface area contributed by atoms with Crippen molar-refractivity contribution in [1.82, 2.24) is 0 Å². The van der Waals surface area contributed by atoms with E-state index >= 15 is 0 Å². The third-order valence-corrected chi connectivity index (χ3v) is 14.6. The summed E-state index contributed by atoms with van der Waals surface area (Å²) in [5.41, 5.74) is 0. The Morgan fingerprint density at radius 2 is 0.622 bits per heavy atom. The molecular formula is C42H76P2Zr. The molecule has 2 aromatic carbocycles. The maximum Gasteiger partial charge on any atom is 2.00 e. The van der Waals surface area contributed by atoms with Crippen molar-refractivity contribution in [3.05, 3.63) is 48.5 Å². The van der Waals surface area contributed by atoms with Crippen molar-refractivity contribution >= 4 is 26.5 Å². The Balaban J connectivity index is 0.000000842. The summed E-state index contributed by atoms with van der Waals surface area (Å²) in [6.07, 6.45) is 40.3. The molecule has 0 aliphatic heterocycles. The first kappa shape index (κ1) is 45.4. The van der Waals surface area contributed by atoms with Gasteiger partial charge in [-0.05, 0) is 50.3 Å².